The van der Waals surface area contributed by atoms with Crippen LogP contribution in [0, 0.1) is 6.92 Å². The van der Waals surface area contributed by atoms with Gasteiger partial charge in [0.25, 0.3) is 5.91 Å². The molecule has 0 heterocycles. The summed E-state index contributed by atoms with van der Waals surface area (Å²) in [6.45, 7) is 2.15. The molecule has 1 aromatic carbocycles. The summed E-state index contributed by atoms with van der Waals surface area (Å²) >= 11 is 6.03. The highest BCUT2D eigenvalue weighted by atomic mass is 35.5. The molecular formula is C16H22ClNO2. The van der Waals surface area contributed by atoms with Crippen molar-refractivity contribution in [1.82, 2.24) is 5.32 Å². The van der Waals surface area contributed by atoms with Gasteiger partial charge in [-0.05, 0) is 37.5 Å². The molecule has 2 rings (SSSR count). The van der Waals surface area contributed by atoms with Crippen molar-refractivity contribution in [3.63, 3.8) is 0 Å². The third kappa shape index (κ3) is 3.74. The van der Waals surface area contributed by atoms with Gasteiger partial charge >= 0.3 is 0 Å². The number of rotatable bonds is 3. The molecule has 1 aromatic rings. The summed E-state index contributed by atoms with van der Waals surface area (Å²) in [5.74, 6) is -0.164. The van der Waals surface area contributed by atoms with E-state index in [0.29, 0.717) is 17.1 Å². The molecule has 1 fully saturated rings. The molecule has 0 radical (unpaired) electrons. The largest absolute Gasteiger partial charge is 0.388 e. The summed E-state index contributed by atoms with van der Waals surface area (Å²) in [7, 11) is 0. The number of halogens is 1. The minimum atomic E-state index is -0.751. The van der Waals surface area contributed by atoms with Crippen LogP contribution < -0.4 is 5.32 Å². The van der Waals surface area contributed by atoms with Crippen LogP contribution in [0.1, 0.15) is 54.4 Å². The average Bonchev–Trinajstić information content (AvgIpc) is 2.65. The Kier molecular flexibility index (Phi) is 5.06. The van der Waals surface area contributed by atoms with E-state index in [2.05, 4.69) is 5.32 Å². The number of carbonyl (C=O) groups is 1. The first kappa shape index (κ1) is 15.3. The molecule has 1 aliphatic rings. The van der Waals surface area contributed by atoms with E-state index < -0.39 is 5.60 Å². The standard InChI is InChI=1S/C16H22ClNO2/c1-12-13(7-6-8-14(12)17)15(19)18-11-16(20)9-4-2-3-5-10-16/h6-8,20H,2-5,9-11H2,1H3,(H,18,19). The second-order valence-electron chi connectivity index (χ2n) is 5.73. The molecule has 4 heteroatoms. The van der Waals surface area contributed by atoms with Crippen molar-refractivity contribution in [1.29, 1.82) is 0 Å². The van der Waals surface area contributed by atoms with Crippen molar-refractivity contribution < 1.29 is 9.90 Å². The lowest BCUT2D eigenvalue weighted by molar-refractivity contribution is 0.0246. The smallest absolute Gasteiger partial charge is 0.251 e. The van der Waals surface area contributed by atoms with E-state index >= 15 is 0 Å². The van der Waals surface area contributed by atoms with Gasteiger partial charge in [-0.2, -0.15) is 0 Å². The molecule has 1 aliphatic carbocycles. The molecule has 110 valence electrons. The first-order chi connectivity index (χ1) is 9.52. The van der Waals surface area contributed by atoms with E-state index in [0.717, 1.165) is 31.2 Å². The van der Waals surface area contributed by atoms with Crippen LogP contribution in [0.3, 0.4) is 0 Å². The highest BCUT2D eigenvalue weighted by molar-refractivity contribution is 6.31. The van der Waals surface area contributed by atoms with Gasteiger partial charge < -0.3 is 10.4 Å². The van der Waals surface area contributed by atoms with Crippen LogP contribution >= 0.6 is 11.6 Å². The quantitative estimate of drug-likeness (QED) is 0.839. The Morgan fingerprint density at radius 3 is 2.60 bits per heavy atom. The van der Waals surface area contributed by atoms with Crippen LogP contribution in [0.5, 0.6) is 0 Å². The number of carbonyl (C=O) groups excluding carboxylic acids is 1. The summed E-state index contributed by atoms with van der Waals surface area (Å²) in [6, 6.07) is 5.30. The summed E-state index contributed by atoms with van der Waals surface area (Å²) in [4.78, 5) is 12.2. The van der Waals surface area contributed by atoms with Crippen molar-refractivity contribution >= 4 is 17.5 Å². The highest BCUT2D eigenvalue weighted by Crippen LogP contribution is 2.26. The minimum Gasteiger partial charge on any atom is -0.388 e. The van der Waals surface area contributed by atoms with Crippen LogP contribution in [-0.4, -0.2) is 23.2 Å². The number of amides is 1. The predicted octanol–water partition coefficient (Wildman–Crippen LogP) is 3.46. The van der Waals surface area contributed by atoms with Gasteiger partial charge in [-0.3, -0.25) is 4.79 Å². The third-order valence-electron chi connectivity index (χ3n) is 4.12. The Hall–Kier alpha value is -1.06. The zero-order chi connectivity index (χ0) is 14.6. The molecule has 1 amide bonds. The van der Waals surface area contributed by atoms with Crippen LogP contribution in [0.4, 0.5) is 0 Å². The van der Waals surface area contributed by atoms with E-state index in [1.54, 1.807) is 18.2 Å². The maximum absolute atomic E-state index is 12.2. The molecule has 0 aromatic heterocycles. The normalized spacial score (nSPS) is 18.4. The van der Waals surface area contributed by atoms with Gasteiger partial charge in [-0.25, -0.2) is 0 Å². The van der Waals surface area contributed by atoms with Crippen molar-refractivity contribution in [3.8, 4) is 0 Å². The molecule has 0 atom stereocenters. The molecule has 0 saturated heterocycles. The SMILES string of the molecule is Cc1c(Cl)cccc1C(=O)NCC1(O)CCCCCC1. The van der Waals surface area contributed by atoms with Crippen molar-refractivity contribution in [2.75, 3.05) is 6.54 Å². The number of hydrogen-bond donors (Lipinski definition) is 2. The Bertz CT molecular complexity index is 479. The molecule has 3 nitrogen and oxygen atoms in total. The van der Waals surface area contributed by atoms with E-state index in [9.17, 15) is 9.90 Å². The Morgan fingerprint density at radius 2 is 1.95 bits per heavy atom. The van der Waals surface area contributed by atoms with Gasteiger partial charge in [0.05, 0.1) is 5.60 Å². The lowest BCUT2D eigenvalue weighted by atomic mass is 9.94. The van der Waals surface area contributed by atoms with Crippen LogP contribution in [-0.2, 0) is 0 Å². The number of benzene rings is 1. The lowest BCUT2D eigenvalue weighted by Gasteiger charge is -2.27. The topological polar surface area (TPSA) is 49.3 Å². The van der Waals surface area contributed by atoms with E-state index in [-0.39, 0.29) is 5.91 Å². The summed E-state index contributed by atoms with van der Waals surface area (Å²) in [5, 5.41) is 14.0. The summed E-state index contributed by atoms with van der Waals surface area (Å²) in [6.07, 6.45) is 5.93. The summed E-state index contributed by atoms with van der Waals surface area (Å²) in [5.41, 5.74) is 0.604. The maximum Gasteiger partial charge on any atom is 0.251 e. The van der Waals surface area contributed by atoms with Gasteiger partial charge in [0, 0.05) is 17.1 Å². The van der Waals surface area contributed by atoms with Gasteiger partial charge in [0.1, 0.15) is 0 Å². The number of aliphatic hydroxyl groups is 1. The average molecular weight is 296 g/mol. The fourth-order valence-corrected chi connectivity index (χ4v) is 2.93. The van der Waals surface area contributed by atoms with Crippen LogP contribution in [0.2, 0.25) is 5.02 Å². The Balaban J connectivity index is 1.99. The van der Waals surface area contributed by atoms with Gasteiger partial charge in [0.2, 0.25) is 0 Å². The molecule has 0 spiro atoms. The van der Waals surface area contributed by atoms with Gasteiger partial charge in [-0.15, -0.1) is 0 Å². The third-order valence-corrected chi connectivity index (χ3v) is 4.53. The Morgan fingerprint density at radius 1 is 1.30 bits per heavy atom. The zero-order valence-electron chi connectivity index (χ0n) is 11.9. The van der Waals surface area contributed by atoms with Crippen molar-refractivity contribution in [3.05, 3.63) is 34.3 Å². The fourth-order valence-electron chi connectivity index (χ4n) is 2.76. The molecule has 0 aliphatic heterocycles. The Labute approximate surface area is 125 Å². The van der Waals surface area contributed by atoms with Crippen LogP contribution in [0.15, 0.2) is 18.2 Å². The van der Waals surface area contributed by atoms with E-state index in [4.69, 9.17) is 11.6 Å². The van der Waals surface area contributed by atoms with E-state index in [1.807, 2.05) is 6.92 Å². The summed E-state index contributed by atoms with van der Waals surface area (Å²) < 4.78 is 0. The molecule has 0 bridgehead atoms. The second-order valence-corrected chi connectivity index (χ2v) is 6.14. The number of nitrogens with one attached hydrogen (secondary N) is 1. The molecule has 1 saturated carbocycles. The number of hydrogen-bond acceptors (Lipinski definition) is 2. The van der Waals surface area contributed by atoms with Gasteiger partial charge in [-0.1, -0.05) is 43.4 Å². The maximum atomic E-state index is 12.2. The zero-order valence-corrected chi connectivity index (χ0v) is 12.7. The predicted molar refractivity (Wildman–Crippen MR) is 81.2 cm³/mol. The molecule has 2 N–H and O–H groups in total. The molecule has 20 heavy (non-hydrogen) atoms. The fraction of sp³-hybridized carbons (Fsp3) is 0.562. The first-order valence-electron chi connectivity index (χ1n) is 7.27. The monoisotopic (exact) mass is 295 g/mol. The molecule has 0 unspecified atom stereocenters. The minimum absolute atomic E-state index is 0.164. The first-order valence-corrected chi connectivity index (χ1v) is 7.65. The van der Waals surface area contributed by atoms with Crippen LogP contribution in [0.25, 0.3) is 0 Å². The molecular weight excluding hydrogens is 274 g/mol. The van der Waals surface area contributed by atoms with Crippen molar-refractivity contribution in [2.24, 2.45) is 0 Å². The highest BCUT2D eigenvalue weighted by Gasteiger charge is 2.28. The second kappa shape index (κ2) is 6.59. The van der Waals surface area contributed by atoms with Crippen molar-refractivity contribution in [2.45, 2.75) is 51.0 Å². The van der Waals surface area contributed by atoms with Gasteiger partial charge in [0.15, 0.2) is 0 Å². The lowest BCUT2D eigenvalue weighted by Crippen LogP contribution is -2.42. The van der Waals surface area contributed by atoms with E-state index in [1.165, 1.54) is 12.8 Å².